The number of rotatable bonds is 5. The summed E-state index contributed by atoms with van der Waals surface area (Å²) in [5.41, 5.74) is 4.59. The molecule has 7 nitrogen and oxygen atoms in total. The second-order valence-electron chi connectivity index (χ2n) is 4.75. The summed E-state index contributed by atoms with van der Waals surface area (Å²) in [5, 5.41) is 0. The highest BCUT2D eigenvalue weighted by atomic mass is 16.2. The lowest BCUT2D eigenvalue weighted by Gasteiger charge is -2.11. The minimum atomic E-state index is -0.517. The van der Waals surface area contributed by atoms with Gasteiger partial charge in [0.2, 0.25) is 0 Å². The summed E-state index contributed by atoms with van der Waals surface area (Å²) in [6, 6.07) is 4.79. The molecule has 112 valence electrons. The maximum atomic E-state index is 12.2. The summed E-state index contributed by atoms with van der Waals surface area (Å²) in [5.74, 6) is 0. The zero-order valence-corrected chi connectivity index (χ0v) is 11.9. The van der Waals surface area contributed by atoms with Gasteiger partial charge in [0, 0.05) is 38.1 Å². The van der Waals surface area contributed by atoms with E-state index in [1.54, 1.807) is 18.3 Å². The molecule has 21 heavy (non-hydrogen) atoms. The van der Waals surface area contributed by atoms with E-state index in [1.165, 1.54) is 21.4 Å². The largest absolute Gasteiger partial charge is 0.393 e. The highest BCUT2D eigenvalue weighted by molar-refractivity contribution is 5.30. The predicted octanol–water partition coefficient (Wildman–Crippen LogP) is -0.136. The Labute approximate surface area is 120 Å². The summed E-state index contributed by atoms with van der Waals surface area (Å²) in [6.45, 7) is 2.77. The first-order chi connectivity index (χ1) is 10.0. The van der Waals surface area contributed by atoms with Gasteiger partial charge in [-0.1, -0.05) is 13.0 Å². The Bertz CT molecular complexity index is 801. The van der Waals surface area contributed by atoms with E-state index in [-0.39, 0.29) is 24.3 Å². The van der Waals surface area contributed by atoms with Crippen LogP contribution in [0.1, 0.15) is 13.3 Å². The lowest BCUT2D eigenvalue weighted by molar-refractivity contribution is 0.500. The van der Waals surface area contributed by atoms with Crippen molar-refractivity contribution in [3.05, 3.63) is 61.8 Å². The molecule has 0 radical (unpaired) electrons. The van der Waals surface area contributed by atoms with Crippen LogP contribution in [0.15, 0.2) is 45.0 Å². The van der Waals surface area contributed by atoms with Crippen molar-refractivity contribution in [2.75, 3.05) is 5.73 Å². The van der Waals surface area contributed by atoms with Crippen LogP contribution < -0.4 is 22.5 Å². The van der Waals surface area contributed by atoms with Gasteiger partial charge in [-0.3, -0.25) is 18.7 Å². The zero-order chi connectivity index (χ0) is 15.4. The van der Waals surface area contributed by atoms with Crippen molar-refractivity contribution in [2.24, 2.45) is 0 Å². The molecule has 2 aromatic rings. The number of pyridine rings is 1. The Morgan fingerprint density at radius 1 is 1.05 bits per heavy atom. The quantitative estimate of drug-likeness (QED) is 0.830. The Balaban J connectivity index is 2.36. The predicted molar refractivity (Wildman–Crippen MR) is 80.4 cm³/mol. The van der Waals surface area contributed by atoms with E-state index in [0.29, 0.717) is 6.54 Å². The Morgan fingerprint density at radius 2 is 1.81 bits per heavy atom. The van der Waals surface area contributed by atoms with Crippen LogP contribution in [0.2, 0.25) is 0 Å². The summed E-state index contributed by atoms with van der Waals surface area (Å²) in [4.78, 5) is 35.8. The molecule has 0 amide bonds. The van der Waals surface area contributed by atoms with Crippen molar-refractivity contribution >= 4 is 5.69 Å². The molecule has 0 aliphatic carbocycles. The van der Waals surface area contributed by atoms with Crippen molar-refractivity contribution in [1.29, 1.82) is 0 Å². The minimum absolute atomic E-state index is 0.0310. The van der Waals surface area contributed by atoms with Crippen molar-refractivity contribution in [1.82, 2.24) is 13.7 Å². The Kier molecular flexibility index (Phi) is 4.42. The number of nitrogens with zero attached hydrogens (tertiary/aromatic N) is 3. The molecule has 0 aromatic carbocycles. The van der Waals surface area contributed by atoms with E-state index >= 15 is 0 Å². The van der Waals surface area contributed by atoms with Crippen LogP contribution in [0.5, 0.6) is 0 Å². The second kappa shape index (κ2) is 6.25. The van der Waals surface area contributed by atoms with Crippen molar-refractivity contribution < 1.29 is 0 Å². The highest BCUT2D eigenvalue weighted by Gasteiger charge is 2.09. The molecular formula is C14H18N4O3. The monoisotopic (exact) mass is 290 g/mol. The second-order valence-corrected chi connectivity index (χ2v) is 4.75. The van der Waals surface area contributed by atoms with E-state index in [4.69, 9.17) is 5.73 Å². The average molecular weight is 290 g/mol. The van der Waals surface area contributed by atoms with E-state index < -0.39 is 11.2 Å². The van der Waals surface area contributed by atoms with E-state index in [9.17, 15) is 14.4 Å². The van der Waals surface area contributed by atoms with Crippen LogP contribution in [0.4, 0.5) is 5.69 Å². The average Bonchev–Trinajstić information content (AvgIpc) is 2.46. The summed E-state index contributed by atoms with van der Waals surface area (Å²) in [6.07, 6.45) is 3.75. The smallest absolute Gasteiger partial charge is 0.331 e. The van der Waals surface area contributed by atoms with Crippen LogP contribution in [0, 0.1) is 0 Å². The molecule has 2 aromatic heterocycles. The molecule has 0 saturated heterocycles. The normalized spacial score (nSPS) is 10.7. The fourth-order valence-corrected chi connectivity index (χ4v) is 2.13. The topological polar surface area (TPSA) is 92.0 Å². The number of anilines is 1. The maximum Gasteiger partial charge on any atom is 0.331 e. The molecule has 0 fully saturated rings. The molecule has 2 N–H and O–H groups in total. The van der Waals surface area contributed by atoms with E-state index in [0.717, 1.165) is 11.0 Å². The number of hydrogen-bond donors (Lipinski definition) is 1. The van der Waals surface area contributed by atoms with Gasteiger partial charge in [0.15, 0.2) is 0 Å². The van der Waals surface area contributed by atoms with Crippen molar-refractivity contribution in [3.8, 4) is 0 Å². The van der Waals surface area contributed by atoms with E-state index in [2.05, 4.69) is 0 Å². The molecule has 0 spiro atoms. The zero-order valence-electron chi connectivity index (χ0n) is 11.9. The number of nitrogen functional groups attached to an aromatic ring is 1. The maximum absolute atomic E-state index is 12.2. The van der Waals surface area contributed by atoms with E-state index in [1.807, 2.05) is 6.92 Å². The van der Waals surface area contributed by atoms with Crippen molar-refractivity contribution in [3.63, 3.8) is 0 Å². The number of aromatic nitrogens is 3. The summed E-state index contributed by atoms with van der Waals surface area (Å²) >= 11 is 0. The lowest BCUT2D eigenvalue weighted by Crippen LogP contribution is -2.41. The first-order valence-corrected chi connectivity index (χ1v) is 6.80. The third kappa shape index (κ3) is 3.13. The van der Waals surface area contributed by atoms with Crippen LogP contribution >= 0.6 is 0 Å². The fourth-order valence-electron chi connectivity index (χ4n) is 2.13. The van der Waals surface area contributed by atoms with Gasteiger partial charge in [0.05, 0.1) is 0 Å². The molecule has 0 atom stereocenters. The van der Waals surface area contributed by atoms with Gasteiger partial charge in [-0.2, -0.15) is 0 Å². The molecule has 0 saturated carbocycles. The molecule has 2 rings (SSSR count). The van der Waals surface area contributed by atoms with Gasteiger partial charge in [-0.05, 0) is 12.5 Å². The van der Waals surface area contributed by atoms with Crippen molar-refractivity contribution in [2.45, 2.75) is 33.0 Å². The number of aryl methyl sites for hydroxylation is 2. The van der Waals surface area contributed by atoms with Gasteiger partial charge >= 0.3 is 5.69 Å². The molecule has 0 aliphatic heterocycles. The van der Waals surface area contributed by atoms with Gasteiger partial charge in [0.25, 0.3) is 11.1 Å². The van der Waals surface area contributed by atoms with Crippen LogP contribution in [-0.4, -0.2) is 13.7 Å². The van der Waals surface area contributed by atoms with Crippen LogP contribution in [0.25, 0.3) is 0 Å². The summed E-state index contributed by atoms with van der Waals surface area (Å²) in [7, 11) is 0. The SMILES string of the molecule is CCCn1cc(N)c(=O)n(CCn2ccccc2=O)c1=O. The molecule has 2 heterocycles. The molecule has 7 heteroatoms. The molecule has 0 aliphatic rings. The number of nitrogens with two attached hydrogens (primary N) is 1. The first-order valence-electron chi connectivity index (χ1n) is 6.80. The first kappa shape index (κ1) is 14.8. The highest BCUT2D eigenvalue weighted by Crippen LogP contribution is 1.93. The minimum Gasteiger partial charge on any atom is -0.393 e. The molecule has 0 bridgehead atoms. The Hall–Kier alpha value is -2.57. The molecular weight excluding hydrogens is 272 g/mol. The Morgan fingerprint density at radius 3 is 2.48 bits per heavy atom. The standard InChI is InChI=1S/C14H18N4O3/c1-2-6-17-10-11(15)13(20)18(14(17)21)9-8-16-7-4-3-5-12(16)19/h3-5,7,10H,2,6,8-9,15H2,1H3. The summed E-state index contributed by atoms with van der Waals surface area (Å²) < 4.78 is 3.94. The van der Waals surface area contributed by atoms with Crippen LogP contribution in [0.3, 0.4) is 0 Å². The molecule has 0 unspecified atom stereocenters. The van der Waals surface area contributed by atoms with Gasteiger partial charge in [-0.25, -0.2) is 4.79 Å². The van der Waals surface area contributed by atoms with Gasteiger partial charge in [0.1, 0.15) is 5.69 Å². The third-order valence-electron chi connectivity index (χ3n) is 3.19. The van der Waals surface area contributed by atoms with Gasteiger partial charge in [-0.15, -0.1) is 0 Å². The number of hydrogen-bond acceptors (Lipinski definition) is 4. The third-order valence-corrected chi connectivity index (χ3v) is 3.19. The fraction of sp³-hybridized carbons (Fsp3) is 0.357. The van der Waals surface area contributed by atoms with Crippen LogP contribution in [-0.2, 0) is 19.6 Å². The lowest BCUT2D eigenvalue weighted by atomic mass is 10.4. The van der Waals surface area contributed by atoms with Gasteiger partial charge < -0.3 is 10.3 Å².